The first-order valence-corrected chi connectivity index (χ1v) is 16.3. The fourth-order valence-corrected chi connectivity index (χ4v) is 4.99. The van der Waals surface area contributed by atoms with Gasteiger partial charge in [-0.2, -0.15) is 0 Å². The van der Waals surface area contributed by atoms with Gasteiger partial charge in [0.2, 0.25) is 0 Å². The molecular formula is C32H44ClFN6O2S. The maximum Gasteiger partial charge on any atom is 0.256 e. The van der Waals surface area contributed by atoms with Gasteiger partial charge in [0.25, 0.3) is 5.56 Å². The van der Waals surface area contributed by atoms with E-state index in [1.807, 2.05) is 41.5 Å². The molecule has 0 amide bonds. The summed E-state index contributed by atoms with van der Waals surface area (Å²) in [6.45, 7) is 13.5. The summed E-state index contributed by atoms with van der Waals surface area (Å²) in [6, 6.07) is 5.79. The zero-order chi connectivity index (χ0) is 31.9. The molecule has 2 aliphatic heterocycles. The van der Waals surface area contributed by atoms with Crippen molar-refractivity contribution in [2.75, 3.05) is 6.54 Å². The average Bonchev–Trinajstić information content (AvgIpc) is 3.77. The summed E-state index contributed by atoms with van der Waals surface area (Å²) in [5.41, 5.74) is 7.01. The number of dihydropyridines is 1. The molecule has 0 radical (unpaired) electrons. The Labute approximate surface area is 264 Å². The van der Waals surface area contributed by atoms with E-state index in [1.54, 1.807) is 42.2 Å². The summed E-state index contributed by atoms with van der Waals surface area (Å²) in [5.74, 6) is 7.06. The van der Waals surface area contributed by atoms with Crippen molar-refractivity contribution in [2.45, 2.75) is 84.4 Å². The number of hydrogen-bond donors (Lipinski definition) is 4. The number of rotatable bonds is 7. The fourth-order valence-electron chi connectivity index (χ4n) is 3.90. The van der Waals surface area contributed by atoms with Gasteiger partial charge in [-0.05, 0) is 37.5 Å². The lowest BCUT2D eigenvalue weighted by Crippen LogP contribution is -2.42. The molecule has 234 valence electrons. The van der Waals surface area contributed by atoms with E-state index in [0.717, 1.165) is 0 Å². The second kappa shape index (κ2) is 18.7. The minimum absolute atomic E-state index is 0.0181. The van der Waals surface area contributed by atoms with Gasteiger partial charge >= 0.3 is 0 Å². The van der Waals surface area contributed by atoms with Crippen LogP contribution in [0.15, 0.2) is 58.8 Å². The zero-order valence-corrected chi connectivity index (χ0v) is 27.6. The molecule has 2 aromatic heterocycles. The number of nitrogens with one attached hydrogen (secondary N) is 4. The van der Waals surface area contributed by atoms with E-state index in [-0.39, 0.29) is 28.8 Å². The highest BCUT2D eigenvalue weighted by atomic mass is 35.5. The Morgan fingerprint density at radius 2 is 1.91 bits per heavy atom. The van der Waals surface area contributed by atoms with Crippen molar-refractivity contribution in [3.05, 3.63) is 75.4 Å². The summed E-state index contributed by atoms with van der Waals surface area (Å²) in [4.78, 5) is 30.2. The van der Waals surface area contributed by atoms with E-state index < -0.39 is 12.2 Å². The summed E-state index contributed by atoms with van der Waals surface area (Å²) in [6.07, 6.45) is 7.35. The average molecular weight is 631 g/mol. The van der Waals surface area contributed by atoms with E-state index in [2.05, 4.69) is 38.3 Å². The maximum absolute atomic E-state index is 14.1. The number of alkyl halides is 1. The lowest BCUT2D eigenvalue weighted by Gasteiger charge is -2.24. The van der Waals surface area contributed by atoms with Crippen molar-refractivity contribution in [1.82, 2.24) is 31.0 Å². The molecule has 2 fully saturated rings. The zero-order valence-electron chi connectivity index (χ0n) is 26.0. The molecule has 4 N–H and O–H groups in total. The van der Waals surface area contributed by atoms with Crippen LogP contribution in [0.4, 0.5) is 4.39 Å². The summed E-state index contributed by atoms with van der Waals surface area (Å²) < 4.78 is 15.5. The molecule has 43 heavy (non-hydrogen) atoms. The molecule has 3 aliphatic rings. The lowest BCUT2D eigenvalue weighted by atomic mass is 9.94. The molecule has 1 saturated heterocycles. The molecule has 8 nitrogen and oxygen atoms in total. The maximum atomic E-state index is 14.1. The number of allylic oxidation sites excluding steroid dienone is 2. The smallest absolute Gasteiger partial charge is 0.256 e. The first-order chi connectivity index (χ1) is 20.9. The number of hydrogen-bond acceptors (Lipinski definition) is 8. The molecule has 0 spiro atoms. The van der Waals surface area contributed by atoms with Gasteiger partial charge in [-0.1, -0.05) is 88.9 Å². The summed E-state index contributed by atoms with van der Waals surface area (Å²) in [7, 11) is 0. The normalized spacial score (nSPS) is 20.9. The van der Waals surface area contributed by atoms with Crippen molar-refractivity contribution < 1.29 is 9.18 Å². The van der Waals surface area contributed by atoms with E-state index in [0.29, 0.717) is 33.5 Å². The third-order valence-corrected chi connectivity index (χ3v) is 7.49. The van der Waals surface area contributed by atoms with Crippen LogP contribution in [0, 0.1) is 17.8 Å². The van der Waals surface area contributed by atoms with Crippen molar-refractivity contribution >= 4 is 34.7 Å². The van der Waals surface area contributed by atoms with Crippen LogP contribution in [-0.4, -0.2) is 45.0 Å². The molecule has 1 saturated carbocycles. The molecule has 5 rings (SSSR count). The Bertz CT molecular complexity index is 1380. The number of thioether (sulfide) groups is 1. The van der Waals surface area contributed by atoms with Crippen LogP contribution in [0.2, 0.25) is 0 Å². The van der Waals surface area contributed by atoms with Crippen molar-refractivity contribution in [3.63, 3.8) is 0 Å². The lowest BCUT2D eigenvalue weighted by molar-refractivity contribution is 0.0988. The number of carbonyl (C=O) groups excluding carboxylic acids is 1. The van der Waals surface area contributed by atoms with E-state index in [4.69, 9.17) is 11.6 Å². The Morgan fingerprint density at radius 1 is 1.19 bits per heavy atom. The number of nitrogens with zero attached hydrogens (tertiary/aromatic N) is 2. The number of Topliss-reactive ketones (excluding diaryl/α,β-unsaturated/α-hetero) is 1. The predicted molar refractivity (Wildman–Crippen MR) is 178 cm³/mol. The number of hydrazine groups is 1. The third-order valence-electron chi connectivity index (χ3n) is 6.11. The Kier molecular flexibility index (Phi) is 15.7. The van der Waals surface area contributed by atoms with Crippen molar-refractivity contribution in [1.29, 1.82) is 0 Å². The first kappa shape index (κ1) is 36.3. The SMILES string of the molecule is CC.CC.CC.CC(F)C1C=C(c2cc(-n3ccccc3=O)ncc2C(=O)CNC2NNC(C#CC3CC3)S2)C(Cl)=CN1. The Hall–Kier alpha value is -2.94. The quantitative estimate of drug-likeness (QED) is 0.227. The first-order valence-electron chi connectivity index (χ1n) is 15.0. The molecule has 0 bridgehead atoms. The van der Waals surface area contributed by atoms with Gasteiger partial charge in [0.1, 0.15) is 22.9 Å². The van der Waals surface area contributed by atoms with Crippen LogP contribution in [-0.2, 0) is 0 Å². The number of halogens is 2. The number of carbonyl (C=O) groups is 1. The molecule has 4 heterocycles. The fraction of sp³-hybridized carbons (Fsp3) is 0.469. The van der Waals surface area contributed by atoms with Crippen LogP contribution in [0.5, 0.6) is 0 Å². The van der Waals surface area contributed by atoms with E-state index >= 15 is 0 Å². The molecule has 11 heteroatoms. The Morgan fingerprint density at radius 3 is 2.56 bits per heavy atom. The molecule has 4 atom stereocenters. The van der Waals surface area contributed by atoms with Crippen LogP contribution in [0.1, 0.15) is 77.2 Å². The summed E-state index contributed by atoms with van der Waals surface area (Å²) >= 11 is 8.05. The van der Waals surface area contributed by atoms with Crippen LogP contribution < -0.4 is 27.0 Å². The van der Waals surface area contributed by atoms with E-state index in [9.17, 15) is 14.0 Å². The van der Waals surface area contributed by atoms with Gasteiger partial charge < -0.3 is 5.32 Å². The highest BCUT2D eigenvalue weighted by molar-refractivity contribution is 8.00. The van der Waals surface area contributed by atoms with Crippen molar-refractivity contribution in [3.8, 4) is 17.7 Å². The van der Waals surface area contributed by atoms with Gasteiger partial charge in [0, 0.05) is 41.7 Å². The molecular weight excluding hydrogens is 587 g/mol. The van der Waals surface area contributed by atoms with Gasteiger partial charge in [0.05, 0.1) is 17.6 Å². The van der Waals surface area contributed by atoms with Gasteiger partial charge in [0.15, 0.2) is 5.78 Å². The van der Waals surface area contributed by atoms with Crippen LogP contribution in [0.3, 0.4) is 0 Å². The molecule has 2 aromatic rings. The molecule has 4 unspecified atom stereocenters. The second-order valence-corrected chi connectivity index (χ2v) is 10.6. The highest BCUT2D eigenvalue weighted by Gasteiger charge is 2.27. The van der Waals surface area contributed by atoms with Crippen LogP contribution >= 0.6 is 23.4 Å². The topological polar surface area (TPSA) is 100 Å². The number of ketones is 1. The van der Waals surface area contributed by atoms with Gasteiger partial charge in [-0.25, -0.2) is 20.2 Å². The predicted octanol–water partition coefficient (Wildman–Crippen LogP) is 5.74. The standard InChI is InChI=1S/C26H26ClFN6O2S.3C2H6/c1-15(28)21-10-18(20(27)13-29-21)17-11-23(34-9-3-2-4-25(34)36)30-12-19(17)22(35)14-31-26-33-32-24(37-26)8-7-16-5-6-16;3*1-2/h2-4,9-13,15-16,21,24,26,29,31-33H,5-6,14H2,1H3;3*1-2H3. The monoisotopic (exact) mass is 630 g/mol. The summed E-state index contributed by atoms with van der Waals surface area (Å²) in [5, 5.41) is 6.37. The largest absolute Gasteiger partial charge is 0.381 e. The van der Waals surface area contributed by atoms with Gasteiger partial charge in [-0.15, -0.1) is 0 Å². The molecule has 0 aromatic carbocycles. The number of pyridine rings is 2. The van der Waals surface area contributed by atoms with Crippen LogP contribution in [0.25, 0.3) is 11.4 Å². The third kappa shape index (κ3) is 10.3. The highest BCUT2D eigenvalue weighted by Crippen LogP contribution is 2.33. The minimum atomic E-state index is -1.19. The second-order valence-electron chi connectivity index (χ2n) is 8.99. The number of aromatic nitrogens is 2. The Balaban J connectivity index is 0.00000101. The molecule has 1 aliphatic carbocycles. The minimum Gasteiger partial charge on any atom is -0.381 e. The van der Waals surface area contributed by atoms with Crippen molar-refractivity contribution in [2.24, 2.45) is 5.92 Å². The van der Waals surface area contributed by atoms with Gasteiger partial charge in [-0.3, -0.25) is 19.5 Å². The van der Waals surface area contributed by atoms with E-state index in [1.165, 1.54) is 42.8 Å².